The number of fused-ring (bicyclic) bond motifs is 3. The summed E-state index contributed by atoms with van der Waals surface area (Å²) in [6, 6.07) is 3.90. The number of nitrogen functional groups attached to an aromatic ring is 1. The van der Waals surface area contributed by atoms with Crippen LogP contribution in [-0.4, -0.2) is 14.5 Å². The minimum atomic E-state index is 0.617. The first-order chi connectivity index (χ1) is 8.81. The van der Waals surface area contributed by atoms with Crippen LogP contribution in [0.15, 0.2) is 18.3 Å². The average molecular weight is 242 g/mol. The van der Waals surface area contributed by atoms with Crippen LogP contribution in [0.4, 0.5) is 5.95 Å². The van der Waals surface area contributed by atoms with Crippen molar-refractivity contribution in [2.24, 2.45) is 17.8 Å². The van der Waals surface area contributed by atoms with Crippen molar-refractivity contribution in [1.29, 1.82) is 0 Å². The van der Waals surface area contributed by atoms with Gasteiger partial charge >= 0.3 is 0 Å². The molecule has 3 unspecified atom stereocenters. The van der Waals surface area contributed by atoms with Crippen LogP contribution in [0, 0.1) is 17.8 Å². The van der Waals surface area contributed by atoms with Crippen LogP contribution in [0.3, 0.4) is 0 Å². The van der Waals surface area contributed by atoms with Crippen molar-refractivity contribution in [3.63, 3.8) is 0 Å². The quantitative estimate of drug-likeness (QED) is 0.880. The molecule has 0 saturated heterocycles. The van der Waals surface area contributed by atoms with Gasteiger partial charge < -0.3 is 5.73 Å². The van der Waals surface area contributed by atoms with Crippen molar-refractivity contribution < 1.29 is 0 Å². The Labute approximate surface area is 106 Å². The number of rotatable bonds is 2. The molecule has 2 bridgehead atoms. The van der Waals surface area contributed by atoms with Gasteiger partial charge in [0.05, 0.1) is 0 Å². The van der Waals surface area contributed by atoms with E-state index in [1.807, 2.05) is 18.3 Å². The Bertz CT molecular complexity index is 588. The molecule has 3 atom stereocenters. The summed E-state index contributed by atoms with van der Waals surface area (Å²) < 4.78 is 2.11. The summed E-state index contributed by atoms with van der Waals surface area (Å²) in [5, 5.41) is 0. The normalized spacial score (nSPS) is 30.3. The molecule has 2 aromatic heterocycles. The van der Waals surface area contributed by atoms with Crippen molar-refractivity contribution in [2.45, 2.75) is 32.2 Å². The lowest BCUT2D eigenvalue weighted by molar-refractivity contribution is 0.299. The van der Waals surface area contributed by atoms with Gasteiger partial charge in [-0.15, -0.1) is 0 Å². The van der Waals surface area contributed by atoms with E-state index in [0.29, 0.717) is 5.95 Å². The zero-order chi connectivity index (χ0) is 12.1. The van der Waals surface area contributed by atoms with E-state index in [9.17, 15) is 0 Å². The van der Waals surface area contributed by atoms with E-state index >= 15 is 0 Å². The van der Waals surface area contributed by atoms with Crippen LogP contribution in [0.2, 0.25) is 0 Å². The number of imidazole rings is 1. The Kier molecular flexibility index (Phi) is 2.13. The minimum absolute atomic E-state index is 0.617. The minimum Gasteiger partial charge on any atom is -0.369 e. The topological polar surface area (TPSA) is 56.7 Å². The zero-order valence-electron chi connectivity index (χ0n) is 10.4. The van der Waals surface area contributed by atoms with Gasteiger partial charge in [0, 0.05) is 12.7 Å². The molecule has 18 heavy (non-hydrogen) atoms. The van der Waals surface area contributed by atoms with E-state index in [4.69, 9.17) is 5.73 Å². The maximum absolute atomic E-state index is 6.04. The van der Waals surface area contributed by atoms with Crippen molar-refractivity contribution in [3.05, 3.63) is 18.3 Å². The molecule has 2 aliphatic rings. The summed E-state index contributed by atoms with van der Waals surface area (Å²) in [7, 11) is 0. The lowest BCUT2D eigenvalue weighted by Crippen LogP contribution is -2.18. The highest BCUT2D eigenvalue weighted by Gasteiger charge is 2.39. The highest BCUT2D eigenvalue weighted by Crippen LogP contribution is 2.49. The lowest BCUT2D eigenvalue weighted by Gasteiger charge is -2.22. The first kappa shape index (κ1) is 10.4. The summed E-state index contributed by atoms with van der Waals surface area (Å²) >= 11 is 0. The fourth-order valence-corrected chi connectivity index (χ4v) is 3.99. The predicted octanol–water partition coefficient (Wildman–Crippen LogP) is 2.45. The number of hydrogen-bond acceptors (Lipinski definition) is 3. The van der Waals surface area contributed by atoms with Gasteiger partial charge in [-0.3, -0.25) is 4.57 Å². The molecule has 2 heterocycles. The van der Waals surface area contributed by atoms with Crippen molar-refractivity contribution in [1.82, 2.24) is 14.5 Å². The van der Waals surface area contributed by atoms with Crippen LogP contribution in [-0.2, 0) is 6.54 Å². The second kappa shape index (κ2) is 3.70. The molecule has 94 valence electrons. The second-order valence-electron chi connectivity index (χ2n) is 5.86. The number of nitrogens with two attached hydrogens (primary N) is 1. The predicted molar refractivity (Wildman–Crippen MR) is 70.9 cm³/mol. The van der Waals surface area contributed by atoms with Crippen LogP contribution < -0.4 is 5.73 Å². The number of hydrogen-bond donors (Lipinski definition) is 1. The Balaban J connectivity index is 1.68. The first-order valence-corrected chi connectivity index (χ1v) is 6.88. The van der Waals surface area contributed by atoms with Gasteiger partial charge in [0.25, 0.3) is 0 Å². The molecule has 0 amide bonds. The zero-order valence-corrected chi connectivity index (χ0v) is 10.4. The average Bonchev–Trinajstić information content (AvgIpc) is 3.05. The SMILES string of the molecule is Nc1nc2cccnc2n1CC1CC2CCC1C2. The molecular weight excluding hydrogens is 224 g/mol. The molecule has 4 nitrogen and oxygen atoms in total. The van der Waals surface area contributed by atoms with Crippen molar-refractivity contribution in [2.75, 3.05) is 5.73 Å². The highest BCUT2D eigenvalue weighted by atomic mass is 15.2. The van der Waals surface area contributed by atoms with Gasteiger partial charge in [-0.05, 0) is 49.1 Å². The number of pyridine rings is 1. The third-order valence-corrected chi connectivity index (χ3v) is 4.83. The number of anilines is 1. The molecule has 0 spiro atoms. The fourth-order valence-electron chi connectivity index (χ4n) is 3.99. The second-order valence-corrected chi connectivity index (χ2v) is 5.86. The summed E-state index contributed by atoms with van der Waals surface area (Å²) in [5.41, 5.74) is 7.90. The molecule has 4 rings (SSSR count). The largest absolute Gasteiger partial charge is 0.369 e. The standard InChI is InChI=1S/C14H18N4/c15-14-17-12-2-1-5-16-13(12)18(14)8-11-7-9-3-4-10(11)6-9/h1-2,5,9-11H,3-4,6-8H2,(H2,15,17). The van der Waals surface area contributed by atoms with Gasteiger partial charge in [-0.1, -0.05) is 6.42 Å². The van der Waals surface area contributed by atoms with E-state index in [1.165, 1.54) is 25.7 Å². The monoisotopic (exact) mass is 242 g/mol. The van der Waals surface area contributed by atoms with E-state index < -0.39 is 0 Å². The van der Waals surface area contributed by atoms with Gasteiger partial charge in [0.1, 0.15) is 5.52 Å². The van der Waals surface area contributed by atoms with Crippen molar-refractivity contribution >= 4 is 17.1 Å². The Morgan fingerprint density at radius 2 is 2.28 bits per heavy atom. The van der Waals surface area contributed by atoms with Crippen LogP contribution in [0.25, 0.3) is 11.2 Å². The van der Waals surface area contributed by atoms with E-state index in [2.05, 4.69) is 14.5 Å². The van der Waals surface area contributed by atoms with Gasteiger partial charge in [-0.25, -0.2) is 9.97 Å². The van der Waals surface area contributed by atoms with Crippen LogP contribution >= 0.6 is 0 Å². The molecule has 2 fully saturated rings. The molecule has 2 aromatic rings. The number of aromatic nitrogens is 3. The van der Waals surface area contributed by atoms with Gasteiger partial charge in [0.15, 0.2) is 5.65 Å². The molecule has 0 aliphatic heterocycles. The van der Waals surface area contributed by atoms with E-state index in [1.54, 1.807) is 0 Å². The van der Waals surface area contributed by atoms with E-state index in [0.717, 1.165) is 35.5 Å². The van der Waals surface area contributed by atoms with Crippen LogP contribution in [0.5, 0.6) is 0 Å². The van der Waals surface area contributed by atoms with Crippen molar-refractivity contribution in [3.8, 4) is 0 Å². The van der Waals surface area contributed by atoms with Gasteiger partial charge in [0.2, 0.25) is 5.95 Å². The summed E-state index contributed by atoms with van der Waals surface area (Å²) in [6.07, 6.45) is 7.48. The Morgan fingerprint density at radius 3 is 3.06 bits per heavy atom. The molecular formula is C14H18N4. The van der Waals surface area contributed by atoms with Gasteiger partial charge in [-0.2, -0.15) is 0 Å². The number of nitrogens with zero attached hydrogens (tertiary/aromatic N) is 3. The van der Waals surface area contributed by atoms with Crippen LogP contribution in [0.1, 0.15) is 25.7 Å². The Hall–Kier alpha value is -1.58. The highest BCUT2D eigenvalue weighted by molar-refractivity contribution is 5.73. The smallest absolute Gasteiger partial charge is 0.202 e. The molecule has 0 aromatic carbocycles. The molecule has 2 aliphatic carbocycles. The maximum Gasteiger partial charge on any atom is 0.202 e. The Morgan fingerprint density at radius 1 is 1.33 bits per heavy atom. The molecule has 4 heteroatoms. The first-order valence-electron chi connectivity index (χ1n) is 6.88. The molecule has 2 saturated carbocycles. The maximum atomic E-state index is 6.04. The third kappa shape index (κ3) is 1.44. The molecule has 2 N–H and O–H groups in total. The summed E-state index contributed by atoms with van der Waals surface area (Å²) in [4.78, 5) is 8.82. The third-order valence-electron chi connectivity index (χ3n) is 4.83. The summed E-state index contributed by atoms with van der Waals surface area (Å²) in [5.74, 6) is 3.29. The molecule has 0 radical (unpaired) electrons. The summed E-state index contributed by atoms with van der Waals surface area (Å²) in [6.45, 7) is 1.00. The van der Waals surface area contributed by atoms with E-state index in [-0.39, 0.29) is 0 Å². The lowest BCUT2D eigenvalue weighted by atomic mass is 9.89. The fraction of sp³-hybridized carbons (Fsp3) is 0.571.